The highest BCUT2D eigenvalue weighted by molar-refractivity contribution is 7.98. The minimum atomic E-state index is 0.0177. The Hall–Kier alpha value is -2.46. The second-order valence-electron chi connectivity index (χ2n) is 8.00. The Morgan fingerprint density at radius 2 is 2.29 bits per heavy atom. The van der Waals surface area contributed by atoms with E-state index in [1.165, 1.54) is 22.2 Å². The highest BCUT2D eigenvalue weighted by Gasteiger charge is 2.25. The van der Waals surface area contributed by atoms with Gasteiger partial charge in [-0.3, -0.25) is 9.36 Å². The van der Waals surface area contributed by atoms with Crippen LogP contribution in [0.25, 0.3) is 10.2 Å². The van der Waals surface area contributed by atoms with Gasteiger partial charge < -0.3 is 4.42 Å². The second kappa shape index (κ2) is 8.58. The van der Waals surface area contributed by atoms with E-state index in [2.05, 4.69) is 29.4 Å². The molecule has 4 aromatic heterocycles. The number of hydrogen-bond donors (Lipinski definition) is 0. The van der Waals surface area contributed by atoms with Crippen LogP contribution in [-0.4, -0.2) is 29.8 Å². The van der Waals surface area contributed by atoms with Crippen molar-refractivity contribution in [3.05, 3.63) is 50.8 Å². The number of rotatable bonds is 7. The van der Waals surface area contributed by atoms with Crippen LogP contribution in [0.3, 0.4) is 0 Å². The Morgan fingerprint density at radius 1 is 1.39 bits per heavy atom. The first kappa shape index (κ1) is 20.4. The zero-order chi connectivity index (χ0) is 21.4. The van der Waals surface area contributed by atoms with Crippen molar-refractivity contribution in [2.45, 2.75) is 63.5 Å². The van der Waals surface area contributed by atoms with E-state index in [1.807, 2.05) is 16.8 Å². The van der Waals surface area contributed by atoms with Gasteiger partial charge in [-0.1, -0.05) is 25.6 Å². The SMILES string of the molecule is CCCn1nnnc1CSc1nc2sc3c(c2c(=O)n1Cc1ccco1)CCC(C)C3. The first-order valence-electron chi connectivity index (χ1n) is 10.6. The lowest BCUT2D eigenvalue weighted by Gasteiger charge is -2.17. The summed E-state index contributed by atoms with van der Waals surface area (Å²) in [7, 11) is 0. The maximum atomic E-state index is 13.6. The highest BCUT2D eigenvalue weighted by Crippen LogP contribution is 2.36. The maximum Gasteiger partial charge on any atom is 0.263 e. The van der Waals surface area contributed by atoms with Gasteiger partial charge in [-0.2, -0.15) is 0 Å². The van der Waals surface area contributed by atoms with Gasteiger partial charge in [0, 0.05) is 11.4 Å². The molecule has 0 fully saturated rings. The molecule has 0 saturated heterocycles. The van der Waals surface area contributed by atoms with Gasteiger partial charge in [-0.05, 0) is 59.7 Å². The van der Waals surface area contributed by atoms with Crippen LogP contribution < -0.4 is 5.56 Å². The molecule has 31 heavy (non-hydrogen) atoms. The molecule has 0 aromatic carbocycles. The molecule has 4 heterocycles. The van der Waals surface area contributed by atoms with E-state index in [1.54, 1.807) is 22.2 Å². The minimum Gasteiger partial charge on any atom is -0.467 e. The van der Waals surface area contributed by atoms with Gasteiger partial charge in [0.05, 0.1) is 23.9 Å². The van der Waals surface area contributed by atoms with Crippen molar-refractivity contribution >= 4 is 33.3 Å². The number of hydrogen-bond acceptors (Lipinski definition) is 8. The van der Waals surface area contributed by atoms with Crippen molar-refractivity contribution in [2.24, 2.45) is 5.92 Å². The van der Waals surface area contributed by atoms with Crippen LogP contribution in [0.2, 0.25) is 0 Å². The molecule has 0 bridgehead atoms. The average molecular weight is 457 g/mol. The van der Waals surface area contributed by atoms with E-state index in [0.717, 1.165) is 54.0 Å². The zero-order valence-electron chi connectivity index (χ0n) is 17.6. The average Bonchev–Trinajstić information content (AvgIpc) is 3.49. The number of tetrazole rings is 1. The standard InChI is InChI=1S/C21H24N6O2S2/c1-3-8-27-17(23-24-25-27)12-30-21-22-19-18(15-7-6-13(2)10-16(15)31-19)20(28)26(21)11-14-5-4-9-29-14/h4-5,9,13H,3,6-8,10-12H2,1-2H3. The molecule has 0 spiro atoms. The maximum absolute atomic E-state index is 13.6. The molecule has 5 rings (SSSR count). The minimum absolute atomic E-state index is 0.0177. The summed E-state index contributed by atoms with van der Waals surface area (Å²) >= 11 is 3.17. The molecule has 162 valence electrons. The molecule has 8 nitrogen and oxygen atoms in total. The lowest BCUT2D eigenvalue weighted by molar-refractivity contribution is 0.476. The third-order valence-corrected chi connectivity index (χ3v) is 7.77. The van der Waals surface area contributed by atoms with Crippen molar-refractivity contribution in [1.29, 1.82) is 0 Å². The van der Waals surface area contributed by atoms with Crippen LogP contribution in [-0.2, 0) is 31.7 Å². The van der Waals surface area contributed by atoms with Gasteiger partial charge in [0.2, 0.25) is 0 Å². The van der Waals surface area contributed by atoms with Gasteiger partial charge in [-0.25, -0.2) is 9.67 Å². The molecule has 0 radical (unpaired) electrons. The number of nitrogens with zero attached hydrogens (tertiary/aromatic N) is 6. The van der Waals surface area contributed by atoms with Crippen molar-refractivity contribution in [3.8, 4) is 0 Å². The predicted octanol–water partition coefficient (Wildman–Crippen LogP) is 3.91. The van der Waals surface area contributed by atoms with E-state index in [0.29, 0.717) is 23.4 Å². The third-order valence-electron chi connectivity index (χ3n) is 5.65. The molecule has 0 aliphatic heterocycles. The van der Waals surface area contributed by atoms with Crippen molar-refractivity contribution in [3.63, 3.8) is 0 Å². The Kier molecular flexibility index (Phi) is 5.66. The molecule has 0 N–H and O–H groups in total. The van der Waals surface area contributed by atoms with Crippen LogP contribution in [0.5, 0.6) is 0 Å². The molecule has 4 aromatic rings. The summed E-state index contributed by atoms with van der Waals surface area (Å²) in [5.74, 6) is 2.71. The van der Waals surface area contributed by atoms with Crippen LogP contribution in [0.1, 0.15) is 48.7 Å². The van der Waals surface area contributed by atoms with E-state index < -0.39 is 0 Å². The second-order valence-corrected chi connectivity index (χ2v) is 10.0. The topological polar surface area (TPSA) is 91.6 Å². The summed E-state index contributed by atoms with van der Waals surface area (Å²) in [6.45, 7) is 5.49. The van der Waals surface area contributed by atoms with E-state index >= 15 is 0 Å². The monoisotopic (exact) mass is 456 g/mol. The van der Waals surface area contributed by atoms with E-state index in [-0.39, 0.29) is 5.56 Å². The molecular formula is C21H24N6O2S2. The predicted molar refractivity (Wildman–Crippen MR) is 121 cm³/mol. The van der Waals surface area contributed by atoms with Crippen LogP contribution in [0.4, 0.5) is 0 Å². The largest absolute Gasteiger partial charge is 0.467 e. The number of aromatic nitrogens is 6. The zero-order valence-corrected chi connectivity index (χ0v) is 19.2. The van der Waals surface area contributed by atoms with Gasteiger partial charge in [0.1, 0.15) is 10.6 Å². The molecule has 1 unspecified atom stereocenters. The molecule has 0 amide bonds. The number of thioether (sulfide) groups is 1. The fourth-order valence-corrected chi connectivity index (χ4v) is 6.41. The Labute approximate surface area is 187 Å². The van der Waals surface area contributed by atoms with Gasteiger partial charge >= 0.3 is 0 Å². The van der Waals surface area contributed by atoms with Crippen LogP contribution in [0, 0.1) is 5.92 Å². The smallest absolute Gasteiger partial charge is 0.263 e. The number of aryl methyl sites for hydroxylation is 2. The summed E-state index contributed by atoms with van der Waals surface area (Å²) in [6, 6.07) is 3.73. The van der Waals surface area contributed by atoms with Gasteiger partial charge in [0.25, 0.3) is 5.56 Å². The Morgan fingerprint density at radius 3 is 3.10 bits per heavy atom. The van der Waals surface area contributed by atoms with Crippen molar-refractivity contribution in [2.75, 3.05) is 0 Å². The normalized spacial score (nSPS) is 16.1. The summed E-state index contributed by atoms with van der Waals surface area (Å²) in [5.41, 5.74) is 1.22. The lowest BCUT2D eigenvalue weighted by atomic mass is 9.89. The Bertz CT molecular complexity index is 1260. The molecular weight excluding hydrogens is 432 g/mol. The van der Waals surface area contributed by atoms with E-state index in [4.69, 9.17) is 9.40 Å². The molecule has 1 aliphatic rings. The molecule has 1 atom stereocenters. The molecule has 1 aliphatic carbocycles. The molecule has 10 heteroatoms. The van der Waals surface area contributed by atoms with E-state index in [9.17, 15) is 4.79 Å². The fraction of sp³-hybridized carbons (Fsp3) is 0.476. The number of thiophene rings is 1. The summed E-state index contributed by atoms with van der Waals surface area (Å²) in [5, 5.41) is 13.5. The van der Waals surface area contributed by atoms with Crippen molar-refractivity contribution < 1.29 is 4.42 Å². The highest BCUT2D eigenvalue weighted by atomic mass is 32.2. The van der Waals surface area contributed by atoms with Crippen LogP contribution >= 0.6 is 23.1 Å². The third kappa shape index (κ3) is 3.94. The summed E-state index contributed by atoms with van der Waals surface area (Å²) in [4.78, 5) is 20.8. The fourth-order valence-electron chi connectivity index (χ4n) is 4.05. The first-order valence-corrected chi connectivity index (χ1v) is 12.4. The Balaban J connectivity index is 1.56. The van der Waals surface area contributed by atoms with Crippen LogP contribution in [0.15, 0.2) is 32.8 Å². The number of fused-ring (bicyclic) bond motifs is 3. The quantitative estimate of drug-likeness (QED) is 0.307. The van der Waals surface area contributed by atoms with Crippen molar-refractivity contribution in [1.82, 2.24) is 29.8 Å². The van der Waals surface area contributed by atoms with Gasteiger partial charge in [-0.15, -0.1) is 16.4 Å². The molecule has 0 saturated carbocycles. The van der Waals surface area contributed by atoms with Gasteiger partial charge in [0.15, 0.2) is 11.0 Å². The summed E-state index contributed by atoms with van der Waals surface area (Å²) < 4.78 is 9.09. The lowest BCUT2D eigenvalue weighted by Crippen LogP contribution is -2.24. The first-order chi connectivity index (χ1) is 15.1. The summed E-state index contributed by atoms with van der Waals surface area (Å²) in [6.07, 6.45) is 5.68. The number of furan rings is 1.